The van der Waals surface area contributed by atoms with Crippen molar-refractivity contribution in [3.8, 4) is 0 Å². The van der Waals surface area contributed by atoms with Crippen molar-refractivity contribution in [1.29, 1.82) is 0 Å². The predicted octanol–water partition coefficient (Wildman–Crippen LogP) is 2.30. The normalized spacial score (nSPS) is 11.6. The molecule has 0 atom stereocenters. The number of hydrogen-bond acceptors (Lipinski definition) is 3. The Morgan fingerprint density at radius 1 is 1.13 bits per heavy atom. The molecule has 0 aliphatic heterocycles. The molecule has 0 aromatic carbocycles. The Balaban J connectivity index is 2.33. The predicted molar refractivity (Wildman–Crippen MR) is 68.6 cm³/mol. The minimum Gasteiger partial charge on any atom is -0.309 e. The second-order valence-electron chi connectivity index (χ2n) is 4.57. The van der Waals surface area contributed by atoms with E-state index in [0.717, 1.165) is 6.54 Å². The maximum absolute atomic E-state index is 2.35. The Kier molecular flexibility index (Phi) is 5.29. The summed E-state index contributed by atoms with van der Waals surface area (Å²) in [5, 5.41) is 2.28. The first kappa shape index (κ1) is 12.7. The first-order valence-corrected chi connectivity index (χ1v) is 6.31. The maximum atomic E-state index is 2.35. The highest BCUT2D eigenvalue weighted by atomic mass is 32.1. The Hall–Kier alpha value is -0.380. The van der Waals surface area contributed by atoms with Gasteiger partial charge in [-0.05, 0) is 64.6 Å². The van der Waals surface area contributed by atoms with E-state index in [1.807, 2.05) is 11.3 Å². The monoisotopic (exact) mass is 226 g/mol. The molecule has 1 aromatic rings. The number of aryl methyl sites for hydroxylation is 1. The summed E-state index contributed by atoms with van der Waals surface area (Å²) in [7, 11) is 8.49. The van der Waals surface area contributed by atoms with E-state index in [1.165, 1.54) is 29.8 Å². The van der Waals surface area contributed by atoms with E-state index in [0.29, 0.717) is 0 Å². The molecule has 15 heavy (non-hydrogen) atoms. The molecule has 0 unspecified atom stereocenters. The van der Waals surface area contributed by atoms with Crippen molar-refractivity contribution >= 4 is 11.3 Å². The van der Waals surface area contributed by atoms with Gasteiger partial charge < -0.3 is 9.80 Å². The summed E-state index contributed by atoms with van der Waals surface area (Å²) >= 11 is 1.90. The van der Waals surface area contributed by atoms with Crippen LogP contribution in [0.3, 0.4) is 0 Å². The van der Waals surface area contributed by atoms with Gasteiger partial charge in [0.1, 0.15) is 0 Å². The molecule has 0 amide bonds. The largest absolute Gasteiger partial charge is 0.309 e. The molecule has 2 nitrogen and oxygen atoms in total. The maximum Gasteiger partial charge on any atom is 0.0235 e. The lowest BCUT2D eigenvalue weighted by Crippen LogP contribution is -2.13. The van der Waals surface area contributed by atoms with Gasteiger partial charge in [-0.2, -0.15) is 0 Å². The van der Waals surface area contributed by atoms with E-state index in [4.69, 9.17) is 0 Å². The van der Waals surface area contributed by atoms with Gasteiger partial charge >= 0.3 is 0 Å². The Morgan fingerprint density at radius 3 is 2.47 bits per heavy atom. The number of thiophene rings is 1. The third kappa shape index (κ3) is 5.30. The van der Waals surface area contributed by atoms with Crippen LogP contribution in [0.2, 0.25) is 0 Å². The minimum atomic E-state index is 1.06. The zero-order valence-electron chi connectivity index (χ0n) is 10.3. The van der Waals surface area contributed by atoms with Gasteiger partial charge in [-0.3, -0.25) is 0 Å². The summed E-state index contributed by atoms with van der Waals surface area (Å²) in [4.78, 5) is 5.98. The van der Waals surface area contributed by atoms with Crippen molar-refractivity contribution in [1.82, 2.24) is 9.80 Å². The molecule has 1 aromatic heterocycles. The smallest absolute Gasteiger partial charge is 0.0235 e. The van der Waals surface area contributed by atoms with Crippen LogP contribution in [-0.4, -0.2) is 44.5 Å². The molecule has 0 aliphatic rings. The molecule has 0 aliphatic carbocycles. The Morgan fingerprint density at radius 2 is 1.87 bits per heavy atom. The highest BCUT2D eigenvalue weighted by Crippen LogP contribution is 2.17. The van der Waals surface area contributed by atoms with Crippen LogP contribution >= 0.6 is 11.3 Å². The van der Waals surface area contributed by atoms with Crippen molar-refractivity contribution in [3.05, 3.63) is 21.9 Å². The molecule has 1 rings (SSSR count). The van der Waals surface area contributed by atoms with Gasteiger partial charge in [0.15, 0.2) is 0 Å². The van der Waals surface area contributed by atoms with Gasteiger partial charge in [0.05, 0.1) is 0 Å². The van der Waals surface area contributed by atoms with Crippen LogP contribution < -0.4 is 0 Å². The lowest BCUT2D eigenvalue weighted by Gasteiger charge is -2.08. The quantitative estimate of drug-likeness (QED) is 0.734. The van der Waals surface area contributed by atoms with Crippen molar-refractivity contribution in [2.45, 2.75) is 19.4 Å². The van der Waals surface area contributed by atoms with Crippen LogP contribution in [0.4, 0.5) is 0 Å². The van der Waals surface area contributed by atoms with Gasteiger partial charge in [0.2, 0.25) is 0 Å². The average Bonchev–Trinajstić information content (AvgIpc) is 2.50. The van der Waals surface area contributed by atoms with Crippen molar-refractivity contribution < 1.29 is 0 Å². The van der Waals surface area contributed by atoms with Crippen LogP contribution in [0.25, 0.3) is 0 Å². The standard InChI is InChI=1S/C12H22N2S/c1-13(2)7-5-6-12-8-11(10-15-12)9-14(3)4/h8,10H,5-7,9H2,1-4H3. The van der Waals surface area contributed by atoms with Crippen molar-refractivity contribution in [2.75, 3.05) is 34.7 Å². The molecule has 1 heterocycles. The molecule has 86 valence electrons. The second-order valence-corrected chi connectivity index (χ2v) is 5.56. The number of hydrogen-bond donors (Lipinski definition) is 0. The van der Waals surface area contributed by atoms with Gasteiger partial charge in [0.25, 0.3) is 0 Å². The van der Waals surface area contributed by atoms with Crippen LogP contribution in [0, 0.1) is 0 Å². The highest BCUT2D eigenvalue weighted by Gasteiger charge is 2.01. The van der Waals surface area contributed by atoms with E-state index in [-0.39, 0.29) is 0 Å². The first-order valence-electron chi connectivity index (χ1n) is 5.43. The van der Waals surface area contributed by atoms with E-state index in [2.05, 4.69) is 49.4 Å². The van der Waals surface area contributed by atoms with Crippen molar-refractivity contribution in [2.24, 2.45) is 0 Å². The van der Waals surface area contributed by atoms with Crippen LogP contribution in [0.15, 0.2) is 11.4 Å². The second kappa shape index (κ2) is 6.26. The highest BCUT2D eigenvalue weighted by molar-refractivity contribution is 7.10. The fourth-order valence-electron chi connectivity index (χ4n) is 1.57. The lowest BCUT2D eigenvalue weighted by atomic mass is 10.2. The van der Waals surface area contributed by atoms with Crippen LogP contribution in [0.5, 0.6) is 0 Å². The van der Waals surface area contributed by atoms with E-state index in [1.54, 1.807) is 0 Å². The molecule has 0 radical (unpaired) electrons. The van der Waals surface area contributed by atoms with E-state index >= 15 is 0 Å². The molecule has 0 spiro atoms. The average molecular weight is 226 g/mol. The third-order valence-corrected chi connectivity index (χ3v) is 3.28. The first-order chi connectivity index (χ1) is 7.08. The summed E-state index contributed by atoms with van der Waals surface area (Å²) in [6.07, 6.45) is 2.48. The third-order valence-electron chi connectivity index (χ3n) is 2.24. The van der Waals surface area contributed by atoms with Crippen LogP contribution in [-0.2, 0) is 13.0 Å². The molecular weight excluding hydrogens is 204 g/mol. The zero-order chi connectivity index (χ0) is 11.3. The molecule has 0 saturated heterocycles. The topological polar surface area (TPSA) is 6.48 Å². The molecule has 0 N–H and O–H groups in total. The SMILES string of the molecule is CN(C)CCCc1cc(CN(C)C)cs1. The molecule has 0 fully saturated rings. The lowest BCUT2D eigenvalue weighted by molar-refractivity contribution is 0.400. The van der Waals surface area contributed by atoms with E-state index < -0.39 is 0 Å². The van der Waals surface area contributed by atoms with Gasteiger partial charge in [-0.15, -0.1) is 11.3 Å². The summed E-state index contributed by atoms with van der Waals surface area (Å²) in [6, 6.07) is 2.35. The Labute approximate surface area is 97.5 Å². The fourth-order valence-corrected chi connectivity index (χ4v) is 2.50. The molecule has 0 bridgehead atoms. The molecule has 3 heteroatoms. The molecule has 0 saturated carbocycles. The summed E-state index contributed by atoms with van der Waals surface area (Å²) < 4.78 is 0. The Bertz CT molecular complexity index is 279. The minimum absolute atomic E-state index is 1.06. The van der Waals surface area contributed by atoms with E-state index in [9.17, 15) is 0 Å². The van der Waals surface area contributed by atoms with Gasteiger partial charge in [-0.25, -0.2) is 0 Å². The number of rotatable bonds is 6. The van der Waals surface area contributed by atoms with Crippen molar-refractivity contribution in [3.63, 3.8) is 0 Å². The number of nitrogens with zero attached hydrogens (tertiary/aromatic N) is 2. The zero-order valence-corrected chi connectivity index (χ0v) is 11.1. The summed E-state index contributed by atoms with van der Waals surface area (Å²) in [5.41, 5.74) is 1.45. The van der Waals surface area contributed by atoms with Crippen LogP contribution in [0.1, 0.15) is 16.9 Å². The van der Waals surface area contributed by atoms with Gasteiger partial charge in [-0.1, -0.05) is 0 Å². The van der Waals surface area contributed by atoms with Gasteiger partial charge in [0, 0.05) is 11.4 Å². The fraction of sp³-hybridized carbons (Fsp3) is 0.667. The summed E-state index contributed by atoms with van der Waals surface area (Å²) in [6.45, 7) is 2.24. The summed E-state index contributed by atoms with van der Waals surface area (Å²) in [5.74, 6) is 0. The molecular formula is C12H22N2S.